The van der Waals surface area contributed by atoms with Gasteiger partial charge in [-0.25, -0.2) is 19.9 Å². The van der Waals surface area contributed by atoms with E-state index in [9.17, 15) is 4.79 Å². The molecule has 0 spiro atoms. The molecule has 1 saturated heterocycles. The van der Waals surface area contributed by atoms with E-state index in [1.54, 1.807) is 29.7 Å². The molecule has 4 heterocycles. The number of likely N-dealkylation sites (tertiary alicyclic amines) is 1. The van der Waals surface area contributed by atoms with E-state index in [1.807, 2.05) is 13.0 Å². The number of anilines is 2. The molecular weight excluding hydrogens is 344 g/mol. The molecule has 0 saturated carbocycles. The van der Waals surface area contributed by atoms with Gasteiger partial charge in [0, 0.05) is 37.4 Å². The minimum Gasteiger partial charge on any atom is -0.329 e. The Kier molecular flexibility index (Phi) is 4.65. The Bertz CT molecular complexity index is 935. The summed E-state index contributed by atoms with van der Waals surface area (Å²) in [5, 5.41) is 3.13. The molecule has 1 aliphatic heterocycles. The van der Waals surface area contributed by atoms with Crippen molar-refractivity contribution >= 4 is 17.5 Å². The zero-order valence-electron chi connectivity index (χ0n) is 14.8. The van der Waals surface area contributed by atoms with E-state index >= 15 is 0 Å². The van der Waals surface area contributed by atoms with Gasteiger partial charge in [-0.15, -0.1) is 0 Å². The van der Waals surface area contributed by atoms with Crippen molar-refractivity contribution in [3.8, 4) is 0 Å². The molecule has 4 rings (SSSR count). The molecule has 27 heavy (non-hydrogen) atoms. The summed E-state index contributed by atoms with van der Waals surface area (Å²) in [7, 11) is 0. The van der Waals surface area contributed by atoms with Crippen molar-refractivity contribution in [3.05, 3.63) is 60.5 Å². The number of carbonyl (C=O) groups is 1. The number of carbonyl (C=O) groups excluding carboxylic acids is 1. The second-order valence-electron chi connectivity index (χ2n) is 6.19. The van der Waals surface area contributed by atoms with Crippen LogP contribution in [0.1, 0.15) is 40.9 Å². The zero-order chi connectivity index (χ0) is 18.6. The zero-order valence-corrected chi connectivity index (χ0v) is 14.8. The third-order valence-electron chi connectivity index (χ3n) is 4.31. The fourth-order valence-corrected chi connectivity index (χ4v) is 3.19. The second kappa shape index (κ2) is 7.40. The third-order valence-corrected chi connectivity index (χ3v) is 4.31. The minimum atomic E-state index is -0.134. The van der Waals surface area contributed by atoms with Crippen molar-refractivity contribution in [2.45, 2.75) is 25.8 Å². The van der Waals surface area contributed by atoms with Crippen LogP contribution in [0.25, 0.3) is 0 Å². The number of rotatable bonds is 4. The Morgan fingerprint density at radius 2 is 1.89 bits per heavy atom. The van der Waals surface area contributed by atoms with Crippen molar-refractivity contribution in [2.24, 2.45) is 0 Å². The van der Waals surface area contributed by atoms with Crippen molar-refractivity contribution in [1.29, 1.82) is 0 Å². The molecule has 3 aromatic heterocycles. The lowest BCUT2D eigenvalue weighted by molar-refractivity contribution is 0.0726. The number of aryl methyl sites for hydroxylation is 1. The molecule has 1 atom stereocenters. The number of hydrogen-bond acceptors (Lipinski definition) is 8. The van der Waals surface area contributed by atoms with Crippen molar-refractivity contribution in [3.63, 3.8) is 0 Å². The Labute approximate surface area is 156 Å². The molecule has 9 heteroatoms. The van der Waals surface area contributed by atoms with Gasteiger partial charge in [0.2, 0.25) is 0 Å². The first-order valence-corrected chi connectivity index (χ1v) is 8.66. The van der Waals surface area contributed by atoms with Crippen LogP contribution in [0.3, 0.4) is 0 Å². The molecule has 3 aromatic rings. The molecule has 9 nitrogen and oxygen atoms in total. The second-order valence-corrected chi connectivity index (χ2v) is 6.19. The lowest BCUT2D eigenvalue weighted by Crippen LogP contribution is -2.31. The van der Waals surface area contributed by atoms with Gasteiger partial charge in [-0.1, -0.05) is 0 Å². The highest BCUT2D eigenvalue weighted by Gasteiger charge is 2.32. The largest absolute Gasteiger partial charge is 0.329 e. The van der Waals surface area contributed by atoms with E-state index in [1.165, 1.54) is 12.4 Å². The molecule has 136 valence electrons. The van der Waals surface area contributed by atoms with Crippen molar-refractivity contribution in [1.82, 2.24) is 34.8 Å². The molecule has 1 unspecified atom stereocenters. The van der Waals surface area contributed by atoms with E-state index < -0.39 is 0 Å². The van der Waals surface area contributed by atoms with Gasteiger partial charge in [0.1, 0.15) is 23.2 Å². The van der Waals surface area contributed by atoms with Gasteiger partial charge in [-0.2, -0.15) is 0 Å². The first kappa shape index (κ1) is 17.0. The van der Waals surface area contributed by atoms with E-state index in [0.29, 0.717) is 29.7 Å². The van der Waals surface area contributed by atoms with Crippen LogP contribution in [0.5, 0.6) is 0 Å². The Hall–Kier alpha value is -3.49. The molecule has 0 radical (unpaired) electrons. The molecule has 0 bridgehead atoms. The van der Waals surface area contributed by atoms with Crippen LogP contribution in [0.15, 0.2) is 43.2 Å². The van der Waals surface area contributed by atoms with Gasteiger partial charge in [-0.3, -0.25) is 14.8 Å². The van der Waals surface area contributed by atoms with E-state index in [2.05, 4.69) is 35.2 Å². The third kappa shape index (κ3) is 3.71. The lowest BCUT2D eigenvalue weighted by atomic mass is 10.1. The fraction of sp³-hybridized carbons (Fsp3) is 0.278. The number of amides is 1. The van der Waals surface area contributed by atoms with Crippen LogP contribution >= 0.6 is 0 Å². The fourth-order valence-electron chi connectivity index (χ4n) is 3.19. The minimum absolute atomic E-state index is 0.122. The summed E-state index contributed by atoms with van der Waals surface area (Å²) in [6, 6.07) is 1.73. The van der Waals surface area contributed by atoms with Crippen molar-refractivity contribution < 1.29 is 4.79 Å². The quantitative estimate of drug-likeness (QED) is 0.751. The Morgan fingerprint density at radius 1 is 1.07 bits per heavy atom. The summed E-state index contributed by atoms with van der Waals surface area (Å²) in [6.45, 7) is 2.49. The maximum atomic E-state index is 12.8. The smallest absolute Gasteiger partial charge is 0.274 e. The van der Waals surface area contributed by atoms with Crippen molar-refractivity contribution in [2.75, 3.05) is 11.9 Å². The average Bonchev–Trinajstić information content (AvgIpc) is 3.18. The average molecular weight is 362 g/mol. The SMILES string of the molecule is Cc1nc(Nc2cnccn2)cc(C2CCCN2C(=O)c2cnccn2)n1. The van der Waals surface area contributed by atoms with Crippen LogP contribution in [-0.2, 0) is 0 Å². The van der Waals surface area contributed by atoms with Crippen LogP contribution in [0.2, 0.25) is 0 Å². The molecule has 0 aliphatic carbocycles. The molecular formula is C18H18N8O. The first-order chi connectivity index (χ1) is 13.2. The van der Waals surface area contributed by atoms with E-state index in [-0.39, 0.29) is 11.9 Å². The topological polar surface area (TPSA) is 110 Å². The molecule has 0 aromatic carbocycles. The molecule has 1 aliphatic rings. The molecule has 1 amide bonds. The van der Waals surface area contributed by atoms with Crippen LogP contribution < -0.4 is 5.32 Å². The summed E-state index contributed by atoms with van der Waals surface area (Å²) >= 11 is 0. The predicted molar refractivity (Wildman–Crippen MR) is 97.1 cm³/mol. The predicted octanol–water partition coefficient (Wildman–Crippen LogP) is 2.09. The highest BCUT2D eigenvalue weighted by Crippen LogP contribution is 2.33. The normalized spacial score (nSPS) is 16.3. The summed E-state index contributed by atoms with van der Waals surface area (Å²) in [5.74, 6) is 1.71. The monoisotopic (exact) mass is 362 g/mol. The highest BCUT2D eigenvalue weighted by molar-refractivity contribution is 5.92. The Balaban J connectivity index is 1.61. The highest BCUT2D eigenvalue weighted by atomic mass is 16.2. The molecule has 1 fully saturated rings. The standard InChI is InChI=1S/C18H18N8O/c1-12-23-13(9-16(24-12)25-17-11-20-5-7-22-17)15-3-2-8-26(15)18(27)14-10-19-4-6-21-14/h4-7,9-11,15H,2-3,8H2,1H3,(H,22,23,24,25). The van der Waals surface area contributed by atoms with Gasteiger partial charge in [0.05, 0.1) is 24.1 Å². The van der Waals surface area contributed by atoms with Gasteiger partial charge in [-0.05, 0) is 19.8 Å². The van der Waals surface area contributed by atoms with E-state index in [4.69, 9.17) is 0 Å². The number of nitrogens with one attached hydrogen (secondary N) is 1. The van der Waals surface area contributed by atoms with Gasteiger partial charge >= 0.3 is 0 Å². The van der Waals surface area contributed by atoms with Crippen LogP contribution in [-0.4, -0.2) is 47.3 Å². The maximum Gasteiger partial charge on any atom is 0.274 e. The van der Waals surface area contributed by atoms with E-state index in [0.717, 1.165) is 18.5 Å². The summed E-state index contributed by atoms with van der Waals surface area (Å²) in [6.07, 6.45) is 11.2. The van der Waals surface area contributed by atoms with Gasteiger partial charge < -0.3 is 10.2 Å². The maximum absolute atomic E-state index is 12.8. The summed E-state index contributed by atoms with van der Waals surface area (Å²) in [5.41, 5.74) is 1.14. The van der Waals surface area contributed by atoms with Gasteiger partial charge in [0.25, 0.3) is 5.91 Å². The first-order valence-electron chi connectivity index (χ1n) is 8.66. The number of hydrogen-bond donors (Lipinski definition) is 1. The van der Waals surface area contributed by atoms with Gasteiger partial charge in [0.15, 0.2) is 0 Å². The van der Waals surface area contributed by atoms with Crippen LogP contribution in [0.4, 0.5) is 11.6 Å². The molecule has 1 N–H and O–H groups in total. The summed E-state index contributed by atoms with van der Waals surface area (Å²) < 4.78 is 0. The number of aromatic nitrogens is 6. The Morgan fingerprint density at radius 3 is 2.63 bits per heavy atom. The lowest BCUT2D eigenvalue weighted by Gasteiger charge is -2.24. The summed E-state index contributed by atoms with van der Waals surface area (Å²) in [4.78, 5) is 40.0. The number of nitrogens with zero attached hydrogens (tertiary/aromatic N) is 7. The van der Waals surface area contributed by atoms with Crippen LogP contribution in [0, 0.1) is 6.92 Å².